The monoisotopic (exact) mass is 265 g/mol. The summed E-state index contributed by atoms with van der Waals surface area (Å²) in [6.45, 7) is 5.37. The van der Waals surface area contributed by atoms with Crippen molar-refractivity contribution >= 4 is 18.1 Å². The maximum Gasteiger partial charge on any atom is 0.412 e. The second-order valence-corrected chi connectivity index (χ2v) is 5.03. The van der Waals surface area contributed by atoms with Gasteiger partial charge in [-0.25, -0.2) is 4.79 Å². The highest BCUT2D eigenvalue weighted by atomic mass is 16.6. The zero-order valence-corrected chi connectivity index (χ0v) is 11.6. The first-order valence-corrected chi connectivity index (χ1v) is 5.96. The van der Waals surface area contributed by atoms with Crippen LogP contribution in [-0.2, 0) is 16.0 Å². The predicted octanol–water partition coefficient (Wildman–Crippen LogP) is 2.78. The van der Waals surface area contributed by atoms with E-state index in [1.165, 1.54) is 7.11 Å². The van der Waals surface area contributed by atoms with Crippen molar-refractivity contribution in [1.29, 1.82) is 0 Å². The summed E-state index contributed by atoms with van der Waals surface area (Å²) >= 11 is 0. The van der Waals surface area contributed by atoms with Crippen molar-refractivity contribution in [2.24, 2.45) is 0 Å². The first-order chi connectivity index (χ1) is 8.85. The summed E-state index contributed by atoms with van der Waals surface area (Å²) in [6.07, 6.45) is 0.577. The van der Waals surface area contributed by atoms with E-state index >= 15 is 0 Å². The molecule has 0 saturated heterocycles. The van der Waals surface area contributed by atoms with Gasteiger partial charge >= 0.3 is 6.09 Å². The van der Waals surface area contributed by atoms with Gasteiger partial charge in [0.25, 0.3) is 0 Å². The Hall–Kier alpha value is -2.04. The molecule has 0 aliphatic rings. The summed E-state index contributed by atoms with van der Waals surface area (Å²) in [7, 11) is 1.50. The van der Waals surface area contributed by atoms with E-state index < -0.39 is 11.7 Å². The second kappa shape index (κ2) is 6.22. The van der Waals surface area contributed by atoms with Gasteiger partial charge in [0.1, 0.15) is 17.6 Å². The van der Waals surface area contributed by atoms with E-state index in [0.717, 1.165) is 11.8 Å². The van der Waals surface area contributed by atoms with Crippen molar-refractivity contribution < 1.29 is 19.1 Å². The molecule has 0 spiro atoms. The molecule has 0 radical (unpaired) electrons. The van der Waals surface area contributed by atoms with Gasteiger partial charge in [-0.3, -0.25) is 5.32 Å². The van der Waals surface area contributed by atoms with Crippen molar-refractivity contribution in [3.8, 4) is 5.75 Å². The van der Waals surface area contributed by atoms with Gasteiger partial charge < -0.3 is 14.3 Å². The van der Waals surface area contributed by atoms with Crippen molar-refractivity contribution in [2.75, 3.05) is 12.4 Å². The molecule has 0 aromatic heterocycles. The lowest BCUT2D eigenvalue weighted by atomic mass is 10.1. The number of methoxy groups -OCH3 is 1. The fourth-order valence-electron chi connectivity index (χ4n) is 1.48. The smallest absolute Gasteiger partial charge is 0.412 e. The molecule has 1 aromatic carbocycles. The number of hydrogen-bond donors (Lipinski definition) is 1. The minimum Gasteiger partial charge on any atom is -0.495 e. The Balaban J connectivity index is 2.83. The number of rotatable bonds is 4. The fourth-order valence-corrected chi connectivity index (χ4v) is 1.48. The summed E-state index contributed by atoms with van der Waals surface area (Å²) in [5.74, 6) is 0.491. The van der Waals surface area contributed by atoms with Crippen LogP contribution in [0.25, 0.3) is 0 Å². The highest BCUT2D eigenvalue weighted by Gasteiger charge is 2.17. The van der Waals surface area contributed by atoms with Crippen LogP contribution in [0.3, 0.4) is 0 Å². The first kappa shape index (κ1) is 15.0. The summed E-state index contributed by atoms with van der Waals surface area (Å²) in [6, 6.07) is 5.15. The third kappa shape index (κ3) is 4.99. The Labute approximate surface area is 112 Å². The molecule has 104 valence electrons. The van der Waals surface area contributed by atoms with Crippen molar-refractivity contribution in [2.45, 2.75) is 32.8 Å². The van der Waals surface area contributed by atoms with Gasteiger partial charge in [-0.1, -0.05) is 6.07 Å². The Kier molecular flexibility index (Phi) is 4.92. The van der Waals surface area contributed by atoms with E-state index in [9.17, 15) is 9.59 Å². The van der Waals surface area contributed by atoms with Crippen LogP contribution >= 0.6 is 0 Å². The van der Waals surface area contributed by atoms with Crippen LogP contribution in [0, 0.1) is 0 Å². The highest BCUT2D eigenvalue weighted by Crippen LogP contribution is 2.26. The average molecular weight is 265 g/mol. The van der Waals surface area contributed by atoms with Crippen LogP contribution in [0.1, 0.15) is 26.3 Å². The maximum atomic E-state index is 11.7. The molecule has 0 aliphatic heterocycles. The van der Waals surface area contributed by atoms with Gasteiger partial charge in [0.2, 0.25) is 0 Å². The van der Waals surface area contributed by atoms with E-state index in [-0.39, 0.29) is 0 Å². The minimum absolute atomic E-state index is 0.309. The molecule has 0 atom stereocenters. The zero-order valence-electron chi connectivity index (χ0n) is 11.6. The van der Waals surface area contributed by atoms with Gasteiger partial charge in [0.15, 0.2) is 0 Å². The summed E-state index contributed by atoms with van der Waals surface area (Å²) in [5.41, 5.74) is 0.766. The van der Waals surface area contributed by atoms with Gasteiger partial charge in [0.05, 0.1) is 12.8 Å². The largest absolute Gasteiger partial charge is 0.495 e. The molecule has 1 amide bonds. The number of benzene rings is 1. The number of amides is 1. The lowest BCUT2D eigenvalue weighted by Gasteiger charge is -2.20. The zero-order chi connectivity index (χ0) is 14.5. The Bertz CT molecular complexity index is 463. The number of anilines is 1. The predicted molar refractivity (Wildman–Crippen MR) is 72.6 cm³/mol. The maximum absolute atomic E-state index is 11.7. The highest BCUT2D eigenvalue weighted by molar-refractivity contribution is 5.87. The van der Waals surface area contributed by atoms with Gasteiger partial charge in [0, 0.05) is 6.42 Å². The summed E-state index contributed by atoms with van der Waals surface area (Å²) < 4.78 is 10.3. The lowest BCUT2D eigenvalue weighted by molar-refractivity contribution is -0.107. The van der Waals surface area contributed by atoms with E-state index in [0.29, 0.717) is 17.9 Å². The summed E-state index contributed by atoms with van der Waals surface area (Å²) in [4.78, 5) is 22.1. The average Bonchev–Trinajstić information content (AvgIpc) is 2.29. The van der Waals surface area contributed by atoms with Crippen molar-refractivity contribution in [3.05, 3.63) is 23.8 Å². The van der Waals surface area contributed by atoms with E-state index in [1.807, 2.05) is 0 Å². The lowest BCUT2D eigenvalue weighted by Crippen LogP contribution is -2.27. The summed E-state index contributed by atoms with van der Waals surface area (Å²) in [5, 5.41) is 2.61. The quantitative estimate of drug-likeness (QED) is 0.850. The molecule has 0 heterocycles. The van der Waals surface area contributed by atoms with Crippen molar-refractivity contribution in [3.63, 3.8) is 0 Å². The molecule has 0 saturated carbocycles. The fraction of sp³-hybridized carbons (Fsp3) is 0.429. The Morgan fingerprint density at radius 1 is 1.37 bits per heavy atom. The molecule has 5 heteroatoms. The topological polar surface area (TPSA) is 64.6 Å². The Morgan fingerprint density at radius 3 is 2.58 bits per heavy atom. The molecule has 1 N–H and O–H groups in total. The minimum atomic E-state index is -0.561. The molecule has 1 rings (SSSR count). The third-order valence-electron chi connectivity index (χ3n) is 2.22. The first-order valence-electron chi connectivity index (χ1n) is 5.96. The van der Waals surface area contributed by atoms with Crippen LogP contribution in [0.15, 0.2) is 18.2 Å². The van der Waals surface area contributed by atoms with Crippen molar-refractivity contribution in [1.82, 2.24) is 0 Å². The molecule has 0 bridgehead atoms. The molecule has 0 unspecified atom stereocenters. The molecule has 0 aliphatic carbocycles. The standard InChI is InChI=1S/C14H19NO4/c1-14(2,3)19-13(17)15-11-6-5-10(7-8-16)9-12(11)18-4/h5-6,8-9H,7H2,1-4H3,(H,15,17). The van der Waals surface area contributed by atoms with Crippen LogP contribution < -0.4 is 10.1 Å². The number of aldehydes is 1. The molecule has 5 nitrogen and oxygen atoms in total. The van der Waals surface area contributed by atoms with Gasteiger partial charge in [-0.15, -0.1) is 0 Å². The molecule has 19 heavy (non-hydrogen) atoms. The number of carbonyl (C=O) groups excluding carboxylic acids is 2. The van der Waals surface area contributed by atoms with E-state index in [4.69, 9.17) is 9.47 Å². The Morgan fingerprint density at radius 2 is 2.05 bits per heavy atom. The molecule has 1 aromatic rings. The number of ether oxygens (including phenoxy) is 2. The van der Waals surface area contributed by atoms with Gasteiger partial charge in [-0.05, 0) is 38.5 Å². The molecular weight excluding hydrogens is 246 g/mol. The normalized spacial score (nSPS) is 10.7. The second-order valence-electron chi connectivity index (χ2n) is 5.03. The number of nitrogens with one attached hydrogen (secondary N) is 1. The number of carbonyl (C=O) groups is 2. The molecular formula is C14H19NO4. The van der Waals surface area contributed by atoms with Crippen LogP contribution in [0.5, 0.6) is 5.75 Å². The number of hydrogen-bond acceptors (Lipinski definition) is 4. The van der Waals surface area contributed by atoms with Crippen LogP contribution in [-0.4, -0.2) is 25.1 Å². The third-order valence-corrected chi connectivity index (χ3v) is 2.22. The SMILES string of the molecule is COc1cc(CC=O)ccc1NC(=O)OC(C)(C)C. The van der Waals surface area contributed by atoms with Crippen LogP contribution in [0.4, 0.5) is 10.5 Å². The van der Waals surface area contributed by atoms with E-state index in [1.54, 1.807) is 39.0 Å². The molecule has 0 fully saturated rings. The van der Waals surface area contributed by atoms with Crippen LogP contribution in [0.2, 0.25) is 0 Å². The van der Waals surface area contributed by atoms with Gasteiger partial charge in [-0.2, -0.15) is 0 Å². The van der Waals surface area contributed by atoms with E-state index in [2.05, 4.69) is 5.32 Å².